The van der Waals surface area contributed by atoms with Crippen molar-refractivity contribution in [1.82, 2.24) is 15.2 Å². The number of hydrogen-bond acceptors (Lipinski definition) is 10. The van der Waals surface area contributed by atoms with Gasteiger partial charge in [-0.15, -0.1) is 23.1 Å². The zero-order chi connectivity index (χ0) is 21.2. The van der Waals surface area contributed by atoms with Gasteiger partial charge in [0.05, 0.1) is 5.51 Å². The lowest BCUT2D eigenvalue weighted by atomic mass is 9.98. The van der Waals surface area contributed by atoms with E-state index in [1.54, 1.807) is 17.8 Å². The van der Waals surface area contributed by atoms with E-state index in [-0.39, 0.29) is 12.3 Å². The largest absolute Gasteiger partial charge is 0.461 e. The van der Waals surface area contributed by atoms with Crippen LogP contribution in [-0.4, -0.2) is 71.1 Å². The molecule has 0 saturated carbocycles. The molecule has 0 bridgehead atoms. The summed E-state index contributed by atoms with van der Waals surface area (Å²) < 4.78 is 10.5. The molecule has 2 atom stereocenters. The topological polar surface area (TPSA) is 119 Å². The normalized spacial score (nSPS) is 24.0. The zero-order valence-electron chi connectivity index (χ0n) is 16.3. The zero-order valence-corrected chi connectivity index (χ0v) is 17.9. The average Bonchev–Trinajstić information content (AvgIpc) is 3.22. The maximum absolute atomic E-state index is 13.0. The molecule has 156 valence electrons. The lowest BCUT2D eigenvalue weighted by molar-refractivity contribution is -0.190. The molecule has 2 aliphatic rings. The number of carbonyl (C=O) groups is 3. The highest BCUT2D eigenvalue weighted by atomic mass is 32.2. The van der Waals surface area contributed by atoms with E-state index in [9.17, 15) is 14.4 Å². The van der Waals surface area contributed by atoms with Gasteiger partial charge in [0.25, 0.3) is 17.5 Å². The van der Waals surface area contributed by atoms with Gasteiger partial charge in [-0.25, -0.2) is 4.98 Å². The Kier molecular flexibility index (Phi) is 6.24. The average molecular weight is 441 g/mol. The number of esters is 1. The molecule has 1 N–H and O–H groups in total. The number of fused-ring (bicyclic) bond motifs is 1. The fourth-order valence-electron chi connectivity index (χ4n) is 3.02. The van der Waals surface area contributed by atoms with Crippen molar-refractivity contribution >= 4 is 46.6 Å². The quantitative estimate of drug-likeness (QED) is 0.216. The van der Waals surface area contributed by atoms with Crippen molar-refractivity contribution in [3.63, 3.8) is 0 Å². The summed E-state index contributed by atoms with van der Waals surface area (Å²) >= 11 is 2.71. The highest BCUT2D eigenvalue weighted by Gasteiger charge is 2.65. The number of aromatic nitrogens is 1. The number of thioether (sulfide) groups is 1. The predicted molar refractivity (Wildman–Crippen MR) is 106 cm³/mol. The maximum Gasteiger partial charge on any atom is 0.302 e. The Morgan fingerprint density at radius 3 is 2.79 bits per heavy atom. The second-order valence-corrected chi connectivity index (χ2v) is 7.99. The summed E-state index contributed by atoms with van der Waals surface area (Å²) in [7, 11) is 2.68. The molecule has 10 nitrogen and oxygen atoms in total. The Morgan fingerprint density at radius 2 is 2.21 bits per heavy atom. The Labute approximate surface area is 175 Å². The van der Waals surface area contributed by atoms with Crippen LogP contribution in [-0.2, 0) is 28.7 Å². The maximum atomic E-state index is 13.0. The Bertz CT molecular complexity index is 884. The summed E-state index contributed by atoms with van der Waals surface area (Å²) in [5.74, 6) is -0.920. The number of thiazole rings is 1. The molecule has 1 saturated heterocycles. The molecule has 2 amide bonds. The van der Waals surface area contributed by atoms with Crippen LogP contribution in [0, 0.1) is 0 Å². The molecular formula is C17H20N4O6S2. The number of β-lactam (4-membered cyclic amide) rings is 1. The lowest BCUT2D eigenvalue weighted by Gasteiger charge is -2.56. The molecule has 1 unspecified atom stereocenters. The number of allylic oxidation sites excluding steroid dienone is 1. The van der Waals surface area contributed by atoms with Crippen molar-refractivity contribution in [2.75, 3.05) is 26.6 Å². The van der Waals surface area contributed by atoms with Crippen molar-refractivity contribution < 1.29 is 28.7 Å². The van der Waals surface area contributed by atoms with Crippen LogP contribution >= 0.6 is 23.1 Å². The molecule has 3 heterocycles. The van der Waals surface area contributed by atoms with E-state index in [1.807, 2.05) is 0 Å². The van der Waals surface area contributed by atoms with E-state index in [0.29, 0.717) is 17.1 Å². The van der Waals surface area contributed by atoms with Gasteiger partial charge in [-0.05, 0) is 12.5 Å². The van der Waals surface area contributed by atoms with Gasteiger partial charge < -0.3 is 19.6 Å². The van der Waals surface area contributed by atoms with E-state index < -0.39 is 28.9 Å². The third kappa shape index (κ3) is 3.74. The van der Waals surface area contributed by atoms with Gasteiger partial charge in [-0.3, -0.25) is 19.3 Å². The number of amides is 2. The minimum Gasteiger partial charge on any atom is -0.461 e. The van der Waals surface area contributed by atoms with E-state index >= 15 is 0 Å². The van der Waals surface area contributed by atoms with Gasteiger partial charge in [0.1, 0.15) is 24.8 Å². The van der Waals surface area contributed by atoms with Crippen molar-refractivity contribution in [3.8, 4) is 0 Å². The number of nitrogens with zero attached hydrogens (tertiary/aromatic N) is 3. The van der Waals surface area contributed by atoms with Gasteiger partial charge >= 0.3 is 5.97 Å². The standard InChI is InChI=1S/C17H20N4O6S2/c1-9-11(5-27-10(2)22)6-29-16-17(25-3,15(24)21(9)16)19-14(23)13(20-26-4)12-7-28-8-18-12/h7-8,16H,5-6H2,1-4H3,(H,19,23)/t16-,17?/m1/s1. The molecule has 1 aromatic heterocycles. The Hall–Kier alpha value is -2.44. The number of hydrogen-bond donors (Lipinski definition) is 1. The first-order valence-electron chi connectivity index (χ1n) is 8.50. The molecule has 0 aliphatic carbocycles. The summed E-state index contributed by atoms with van der Waals surface area (Å²) in [6, 6.07) is 0. The van der Waals surface area contributed by atoms with Crippen LogP contribution in [0.1, 0.15) is 19.5 Å². The second kappa shape index (κ2) is 8.51. The number of ether oxygens (including phenoxy) is 2. The Balaban J connectivity index is 1.81. The molecule has 1 fully saturated rings. The van der Waals surface area contributed by atoms with E-state index in [0.717, 1.165) is 5.57 Å². The summed E-state index contributed by atoms with van der Waals surface area (Å²) in [5.41, 5.74) is 1.81. The van der Waals surface area contributed by atoms with E-state index in [4.69, 9.17) is 14.3 Å². The third-order valence-corrected chi connectivity index (χ3v) is 6.51. The first-order valence-corrected chi connectivity index (χ1v) is 10.5. The lowest BCUT2D eigenvalue weighted by Crippen LogP contribution is -2.80. The molecule has 0 radical (unpaired) electrons. The summed E-state index contributed by atoms with van der Waals surface area (Å²) in [6.07, 6.45) is 0. The van der Waals surface area contributed by atoms with Gasteiger partial charge in [-0.2, -0.15) is 0 Å². The van der Waals surface area contributed by atoms with Gasteiger partial charge in [0.15, 0.2) is 5.71 Å². The van der Waals surface area contributed by atoms with Crippen molar-refractivity contribution in [2.24, 2.45) is 5.16 Å². The number of carbonyl (C=O) groups excluding carboxylic acids is 3. The Morgan fingerprint density at radius 1 is 1.45 bits per heavy atom. The van der Waals surface area contributed by atoms with E-state index in [2.05, 4.69) is 15.5 Å². The highest BCUT2D eigenvalue weighted by molar-refractivity contribution is 8.00. The second-order valence-electron chi connectivity index (χ2n) is 6.20. The monoisotopic (exact) mass is 440 g/mol. The van der Waals surface area contributed by atoms with Crippen LogP contribution in [0.4, 0.5) is 0 Å². The fraction of sp³-hybridized carbons (Fsp3) is 0.471. The number of oxime groups is 1. The van der Waals surface area contributed by atoms with Crippen LogP contribution in [0.3, 0.4) is 0 Å². The number of nitrogens with one attached hydrogen (secondary N) is 1. The predicted octanol–water partition coefficient (Wildman–Crippen LogP) is 0.705. The number of methoxy groups -OCH3 is 1. The minimum absolute atomic E-state index is 0.0555. The van der Waals surface area contributed by atoms with E-state index in [1.165, 1.54) is 49.1 Å². The van der Waals surface area contributed by atoms with Gasteiger partial charge in [0.2, 0.25) is 0 Å². The molecule has 3 rings (SSSR count). The summed E-state index contributed by atoms with van der Waals surface area (Å²) in [4.78, 5) is 47.3. The van der Waals surface area contributed by atoms with Crippen molar-refractivity contribution in [3.05, 3.63) is 27.9 Å². The summed E-state index contributed by atoms with van der Waals surface area (Å²) in [6.45, 7) is 3.22. The molecule has 29 heavy (non-hydrogen) atoms. The molecule has 12 heteroatoms. The minimum atomic E-state index is -1.54. The molecule has 0 aromatic carbocycles. The first-order chi connectivity index (χ1) is 13.9. The van der Waals surface area contributed by atoms with Crippen LogP contribution in [0.5, 0.6) is 0 Å². The summed E-state index contributed by atoms with van der Waals surface area (Å²) in [5, 5.41) is 7.58. The highest BCUT2D eigenvalue weighted by Crippen LogP contribution is 2.46. The van der Waals surface area contributed by atoms with Crippen LogP contribution < -0.4 is 5.32 Å². The SMILES string of the molecule is CON=C(C(=O)NC1(OC)C(=O)N2C(C)=C(COC(C)=O)CS[C@@H]21)c1cscn1. The van der Waals surface area contributed by atoms with Crippen LogP contribution in [0.15, 0.2) is 27.3 Å². The van der Waals surface area contributed by atoms with Gasteiger partial charge in [-0.1, -0.05) is 5.16 Å². The van der Waals surface area contributed by atoms with Crippen LogP contribution in [0.2, 0.25) is 0 Å². The van der Waals surface area contributed by atoms with Crippen molar-refractivity contribution in [1.29, 1.82) is 0 Å². The third-order valence-electron chi connectivity index (χ3n) is 4.55. The molecule has 0 spiro atoms. The van der Waals surface area contributed by atoms with Crippen molar-refractivity contribution in [2.45, 2.75) is 24.9 Å². The smallest absolute Gasteiger partial charge is 0.302 e. The molecule has 2 aliphatic heterocycles. The fourth-order valence-corrected chi connectivity index (χ4v) is 5.11. The molecule has 1 aromatic rings. The van der Waals surface area contributed by atoms with Gasteiger partial charge in [0, 0.05) is 30.9 Å². The van der Waals surface area contributed by atoms with Crippen LogP contribution in [0.25, 0.3) is 0 Å². The molecular weight excluding hydrogens is 420 g/mol. The first kappa shape index (κ1) is 21.3. The number of rotatable bonds is 7.